The third kappa shape index (κ3) is 3.66. The van der Waals surface area contributed by atoms with Gasteiger partial charge in [0.2, 0.25) is 0 Å². The minimum Gasteiger partial charge on any atom is -0.744 e. The quantitative estimate of drug-likeness (QED) is 0.403. The molecular weight excluding hydrogens is 203 g/mol. The molecule has 0 heterocycles. The summed E-state index contributed by atoms with van der Waals surface area (Å²) in [6.07, 6.45) is 0. The van der Waals surface area contributed by atoms with Gasteiger partial charge in [-0.2, -0.15) is 0 Å². The maximum atomic E-state index is 10.5. The van der Waals surface area contributed by atoms with Crippen LogP contribution in [-0.2, 0) is 10.1 Å². The van der Waals surface area contributed by atoms with Crippen LogP contribution in [0, 0.1) is 0 Å². The molecule has 1 aromatic rings. The SMILES string of the molecule is COc1cccc(S(=O)(=O)[O-])c1.[Na+]. The first-order chi connectivity index (χ1) is 5.54. The second kappa shape index (κ2) is 4.97. The molecule has 66 valence electrons. The molecule has 0 radical (unpaired) electrons. The van der Waals surface area contributed by atoms with E-state index in [-0.39, 0.29) is 34.5 Å². The molecule has 0 spiro atoms. The molecule has 4 nitrogen and oxygen atoms in total. The van der Waals surface area contributed by atoms with Crippen molar-refractivity contribution in [2.45, 2.75) is 4.90 Å². The van der Waals surface area contributed by atoms with Crippen molar-refractivity contribution in [3.05, 3.63) is 24.3 Å². The van der Waals surface area contributed by atoms with Crippen LogP contribution in [0.1, 0.15) is 0 Å². The van der Waals surface area contributed by atoms with Crippen LogP contribution < -0.4 is 34.3 Å². The van der Waals surface area contributed by atoms with Gasteiger partial charge in [-0.05, 0) is 18.2 Å². The van der Waals surface area contributed by atoms with E-state index in [1.165, 1.54) is 25.3 Å². The maximum Gasteiger partial charge on any atom is 1.00 e. The van der Waals surface area contributed by atoms with Crippen LogP contribution in [0.15, 0.2) is 29.2 Å². The number of rotatable bonds is 2. The number of ether oxygens (including phenoxy) is 1. The second-order valence-electron chi connectivity index (χ2n) is 2.13. The Bertz CT molecular complexity index is 374. The Balaban J connectivity index is 0.00000144. The Kier molecular flexibility index (Phi) is 4.95. The predicted octanol–water partition coefficient (Wildman–Crippen LogP) is -2.40. The molecule has 0 saturated carbocycles. The van der Waals surface area contributed by atoms with Gasteiger partial charge in [-0.3, -0.25) is 0 Å². The molecule has 0 aliphatic heterocycles. The first-order valence-electron chi connectivity index (χ1n) is 3.14. The smallest absolute Gasteiger partial charge is 0.744 e. The standard InChI is InChI=1S/C7H8O4S.Na/c1-11-6-3-2-4-7(5-6)12(8,9)10;/h2-5H,1H3,(H,8,9,10);/q;+1/p-1. The van der Waals surface area contributed by atoms with Gasteiger partial charge in [-0.15, -0.1) is 0 Å². The topological polar surface area (TPSA) is 66.4 Å². The number of benzene rings is 1. The van der Waals surface area contributed by atoms with Crippen LogP contribution in [0.3, 0.4) is 0 Å². The average molecular weight is 210 g/mol. The zero-order valence-electron chi connectivity index (χ0n) is 7.35. The molecule has 1 aromatic carbocycles. The van der Waals surface area contributed by atoms with Crippen molar-refractivity contribution in [2.75, 3.05) is 7.11 Å². The van der Waals surface area contributed by atoms with Gasteiger partial charge >= 0.3 is 29.6 Å². The number of hydrogen-bond acceptors (Lipinski definition) is 4. The largest absolute Gasteiger partial charge is 1.00 e. The van der Waals surface area contributed by atoms with E-state index in [1.54, 1.807) is 6.07 Å². The van der Waals surface area contributed by atoms with Gasteiger partial charge in [-0.1, -0.05) is 6.07 Å². The van der Waals surface area contributed by atoms with Crippen molar-refractivity contribution < 1.29 is 47.3 Å². The van der Waals surface area contributed by atoms with E-state index in [0.717, 1.165) is 0 Å². The van der Waals surface area contributed by atoms with Crippen molar-refractivity contribution in [1.29, 1.82) is 0 Å². The molecule has 0 saturated heterocycles. The van der Waals surface area contributed by atoms with Gasteiger partial charge in [0, 0.05) is 0 Å². The maximum absolute atomic E-state index is 10.5. The van der Waals surface area contributed by atoms with E-state index >= 15 is 0 Å². The Labute approximate surface area is 99.0 Å². The molecule has 1 rings (SSSR count). The summed E-state index contributed by atoms with van der Waals surface area (Å²) in [5, 5.41) is 0. The average Bonchev–Trinajstić information content (AvgIpc) is 2.03. The summed E-state index contributed by atoms with van der Waals surface area (Å²) in [7, 11) is -2.97. The Morgan fingerprint density at radius 1 is 1.38 bits per heavy atom. The first-order valence-corrected chi connectivity index (χ1v) is 4.55. The van der Waals surface area contributed by atoms with Gasteiger partial charge in [0.15, 0.2) is 0 Å². The monoisotopic (exact) mass is 210 g/mol. The Morgan fingerprint density at radius 3 is 2.46 bits per heavy atom. The third-order valence-corrected chi connectivity index (χ3v) is 2.16. The Morgan fingerprint density at radius 2 is 2.00 bits per heavy atom. The summed E-state index contributed by atoms with van der Waals surface area (Å²) >= 11 is 0. The molecule has 0 aliphatic carbocycles. The van der Waals surface area contributed by atoms with Gasteiger partial charge in [-0.25, -0.2) is 8.42 Å². The zero-order valence-corrected chi connectivity index (χ0v) is 10.2. The van der Waals surface area contributed by atoms with Crippen molar-refractivity contribution >= 4 is 10.1 Å². The van der Waals surface area contributed by atoms with E-state index in [2.05, 4.69) is 0 Å². The molecule has 6 heteroatoms. The van der Waals surface area contributed by atoms with Gasteiger partial charge in [0.1, 0.15) is 15.9 Å². The molecular formula is C7H7NaO4S. The fourth-order valence-corrected chi connectivity index (χ4v) is 1.26. The van der Waals surface area contributed by atoms with Gasteiger partial charge in [0.05, 0.1) is 12.0 Å². The van der Waals surface area contributed by atoms with Crippen LogP contribution in [0.2, 0.25) is 0 Å². The molecule has 13 heavy (non-hydrogen) atoms. The summed E-state index contributed by atoms with van der Waals surface area (Å²) in [5.74, 6) is 0.354. The summed E-state index contributed by atoms with van der Waals surface area (Å²) in [4.78, 5) is -0.276. The third-order valence-electron chi connectivity index (χ3n) is 1.33. The van der Waals surface area contributed by atoms with E-state index in [4.69, 9.17) is 4.74 Å². The molecule has 0 amide bonds. The van der Waals surface area contributed by atoms with E-state index < -0.39 is 10.1 Å². The van der Waals surface area contributed by atoms with Crippen LogP contribution in [-0.4, -0.2) is 20.1 Å². The summed E-state index contributed by atoms with van der Waals surface area (Å²) < 4.78 is 36.2. The molecule has 0 atom stereocenters. The van der Waals surface area contributed by atoms with Crippen molar-refractivity contribution in [3.63, 3.8) is 0 Å². The normalized spacial score (nSPS) is 10.3. The second-order valence-corrected chi connectivity index (χ2v) is 3.51. The van der Waals surface area contributed by atoms with E-state index in [0.29, 0.717) is 5.75 Å². The minimum atomic E-state index is -4.37. The molecule has 0 aliphatic rings. The number of methoxy groups -OCH3 is 1. The summed E-state index contributed by atoms with van der Waals surface area (Å²) in [6.45, 7) is 0. The fraction of sp³-hybridized carbons (Fsp3) is 0.143. The Hall–Kier alpha value is -0.0700. The van der Waals surface area contributed by atoms with Crippen LogP contribution >= 0.6 is 0 Å². The fourth-order valence-electron chi connectivity index (χ4n) is 0.757. The molecule has 0 N–H and O–H groups in total. The first kappa shape index (κ1) is 12.9. The zero-order chi connectivity index (χ0) is 9.19. The minimum absolute atomic E-state index is 0. The van der Waals surface area contributed by atoms with Crippen molar-refractivity contribution in [1.82, 2.24) is 0 Å². The summed E-state index contributed by atoms with van der Waals surface area (Å²) in [6, 6.07) is 5.42. The van der Waals surface area contributed by atoms with Gasteiger partial charge < -0.3 is 9.29 Å². The van der Waals surface area contributed by atoms with Crippen molar-refractivity contribution in [3.8, 4) is 5.75 Å². The van der Waals surface area contributed by atoms with E-state index in [9.17, 15) is 13.0 Å². The summed E-state index contributed by atoms with van der Waals surface area (Å²) in [5.41, 5.74) is 0. The molecule has 0 aromatic heterocycles. The molecule has 0 bridgehead atoms. The van der Waals surface area contributed by atoms with Crippen LogP contribution in [0.5, 0.6) is 5.75 Å². The van der Waals surface area contributed by atoms with Gasteiger partial charge in [0.25, 0.3) is 0 Å². The predicted molar refractivity (Wildman–Crippen MR) is 41.0 cm³/mol. The van der Waals surface area contributed by atoms with Crippen molar-refractivity contribution in [2.24, 2.45) is 0 Å². The van der Waals surface area contributed by atoms with Crippen LogP contribution in [0.4, 0.5) is 0 Å². The van der Waals surface area contributed by atoms with Crippen LogP contribution in [0.25, 0.3) is 0 Å². The molecule has 0 fully saturated rings. The van der Waals surface area contributed by atoms with E-state index in [1.807, 2.05) is 0 Å². The molecule has 0 unspecified atom stereocenters. The number of hydrogen-bond donors (Lipinski definition) is 0.